The smallest absolute Gasteiger partial charge is 0.315 e. The molecule has 7 nitrogen and oxygen atoms in total. The van der Waals surface area contributed by atoms with E-state index in [-0.39, 0.29) is 23.2 Å². The third-order valence-corrected chi connectivity index (χ3v) is 4.50. The summed E-state index contributed by atoms with van der Waals surface area (Å²) in [7, 11) is 1.28. The maximum Gasteiger partial charge on any atom is 0.332 e. The van der Waals surface area contributed by atoms with Crippen molar-refractivity contribution >= 4 is 29.0 Å². The van der Waals surface area contributed by atoms with E-state index in [4.69, 9.17) is 11.6 Å². The van der Waals surface area contributed by atoms with Gasteiger partial charge in [0, 0.05) is 25.5 Å². The Hall–Kier alpha value is -3.37. The van der Waals surface area contributed by atoms with Gasteiger partial charge in [-0.2, -0.15) is 0 Å². The molecule has 0 unspecified atom stereocenters. The molecule has 1 aromatic carbocycles. The van der Waals surface area contributed by atoms with Crippen molar-refractivity contribution in [2.45, 2.75) is 26.3 Å². The van der Waals surface area contributed by atoms with E-state index < -0.39 is 17.2 Å². The molecule has 2 rings (SSSR count). The van der Waals surface area contributed by atoms with Gasteiger partial charge in [0.25, 0.3) is 5.56 Å². The Morgan fingerprint density at radius 1 is 1.31 bits per heavy atom. The largest absolute Gasteiger partial charge is 0.332 e. The summed E-state index contributed by atoms with van der Waals surface area (Å²) in [4.78, 5) is 47.7. The molecule has 0 saturated heterocycles. The van der Waals surface area contributed by atoms with Crippen molar-refractivity contribution in [3.63, 3.8) is 0 Å². The highest BCUT2D eigenvalue weighted by Crippen LogP contribution is 2.15. The number of aromatic nitrogens is 2. The van der Waals surface area contributed by atoms with Crippen molar-refractivity contribution in [3.8, 4) is 11.8 Å². The van der Waals surface area contributed by atoms with Crippen molar-refractivity contribution in [2.75, 3.05) is 5.32 Å². The van der Waals surface area contributed by atoms with Gasteiger partial charge in [0.05, 0.1) is 6.54 Å². The van der Waals surface area contributed by atoms with Crippen molar-refractivity contribution < 1.29 is 9.59 Å². The number of Topliss-reactive ketones (excluding diaryl/α,β-unsaturated/α-hetero) is 1. The van der Waals surface area contributed by atoms with E-state index in [0.29, 0.717) is 18.4 Å². The van der Waals surface area contributed by atoms with Crippen LogP contribution in [-0.2, 0) is 29.6 Å². The molecule has 0 bridgehead atoms. The van der Waals surface area contributed by atoms with E-state index in [2.05, 4.69) is 23.7 Å². The minimum absolute atomic E-state index is 0.0964. The first-order valence-corrected chi connectivity index (χ1v) is 9.18. The van der Waals surface area contributed by atoms with Crippen LogP contribution >= 0.6 is 11.6 Å². The number of nitrogens with zero attached hydrogens (tertiary/aromatic N) is 2. The predicted molar refractivity (Wildman–Crippen MR) is 112 cm³/mol. The van der Waals surface area contributed by atoms with E-state index >= 15 is 0 Å². The van der Waals surface area contributed by atoms with Gasteiger partial charge >= 0.3 is 5.69 Å². The van der Waals surface area contributed by atoms with Gasteiger partial charge in [0.2, 0.25) is 5.91 Å². The fourth-order valence-corrected chi connectivity index (χ4v) is 2.75. The number of amides is 1. The van der Waals surface area contributed by atoms with Crippen LogP contribution in [0.3, 0.4) is 0 Å². The number of rotatable bonds is 6. The molecule has 1 aromatic heterocycles. The van der Waals surface area contributed by atoms with Gasteiger partial charge in [0.1, 0.15) is 16.6 Å². The minimum Gasteiger partial charge on any atom is -0.315 e. The van der Waals surface area contributed by atoms with Gasteiger partial charge in [0.15, 0.2) is 0 Å². The highest BCUT2D eigenvalue weighted by molar-refractivity contribution is 6.32. The molecule has 0 atom stereocenters. The Labute approximate surface area is 172 Å². The first-order chi connectivity index (χ1) is 13.8. The Morgan fingerprint density at radius 2 is 2.03 bits per heavy atom. The Bertz CT molecular complexity index is 1150. The normalized spacial score (nSPS) is 10.0. The molecule has 8 heteroatoms. The summed E-state index contributed by atoms with van der Waals surface area (Å²) in [5.74, 6) is 5.25. The minimum atomic E-state index is -0.729. The van der Waals surface area contributed by atoms with Gasteiger partial charge < -0.3 is 5.32 Å². The van der Waals surface area contributed by atoms with E-state index in [9.17, 15) is 19.2 Å². The molecular weight excluding hydrogens is 394 g/mol. The zero-order valence-electron chi connectivity index (χ0n) is 16.1. The fraction of sp³-hybridized carbons (Fsp3) is 0.238. The molecule has 150 valence electrons. The number of benzene rings is 1. The maximum atomic E-state index is 12.4. The van der Waals surface area contributed by atoms with E-state index in [1.807, 2.05) is 13.0 Å². The molecule has 0 spiro atoms. The number of halogens is 1. The first kappa shape index (κ1) is 21.9. The topological polar surface area (TPSA) is 90.2 Å². The molecule has 2 aromatic rings. The van der Waals surface area contributed by atoms with Gasteiger partial charge in [-0.25, -0.2) is 4.79 Å². The van der Waals surface area contributed by atoms with Crippen LogP contribution < -0.4 is 16.6 Å². The van der Waals surface area contributed by atoms with Crippen molar-refractivity contribution in [2.24, 2.45) is 7.05 Å². The molecule has 1 heterocycles. The summed E-state index contributed by atoms with van der Waals surface area (Å²) in [6, 6.07) is 7.24. The monoisotopic (exact) mass is 413 g/mol. The van der Waals surface area contributed by atoms with Crippen LogP contribution in [0.25, 0.3) is 0 Å². The van der Waals surface area contributed by atoms with E-state index in [1.54, 1.807) is 18.2 Å². The van der Waals surface area contributed by atoms with Gasteiger partial charge in [-0.05, 0) is 23.8 Å². The van der Waals surface area contributed by atoms with E-state index in [1.165, 1.54) is 7.05 Å². The van der Waals surface area contributed by atoms with Crippen LogP contribution in [0.1, 0.15) is 24.5 Å². The number of hydrogen-bond donors (Lipinski definition) is 1. The molecule has 29 heavy (non-hydrogen) atoms. The van der Waals surface area contributed by atoms with Crippen LogP contribution in [0.5, 0.6) is 0 Å². The predicted octanol–water partition coefficient (Wildman–Crippen LogP) is 1.90. The molecule has 0 fully saturated rings. The summed E-state index contributed by atoms with van der Waals surface area (Å²) in [6.07, 6.45) is 1.79. The number of carbonyl (C=O) groups is 2. The number of hydrogen-bond acceptors (Lipinski definition) is 4. The van der Waals surface area contributed by atoms with Crippen LogP contribution in [0.15, 0.2) is 46.5 Å². The Balaban J connectivity index is 2.35. The number of nitrogens with one attached hydrogen (secondary N) is 1. The summed E-state index contributed by atoms with van der Waals surface area (Å²) in [5, 5.41) is 2.10. The lowest BCUT2D eigenvalue weighted by Crippen LogP contribution is -2.40. The zero-order chi connectivity index (χ0) is 21.6. The lowest BCUT2D eigenvalue weighted by molar-refractivity contribution is -0.118. The van der Waals surface area contributed by atoms with Crippen molar-refractivity contribution in [1.82, 2.24) is 9.13 Å². The standard InChI is InChI=1S/C21H20ClN3O4/c1-4-16(26)13-15-9-6-8-14(12-15)10-7-11-25-19(22)18(23-17(27)5-2)20(28)24(3)21(25)29/h5-6,8-9,12H,2,4,11,13H2,1,3H3,(H,23,27). The number of ketones is 1. The second kappa shape index (κ2) is 9.71. The van der Waals surface area contributed by atoms with Crippen LogP contribution in [0.2, 0.25) is 5.15 Å². The van der Waals surface area contributed by atoms with Crippen LogP contribution in [-0.4, -0.2) is 20.8 Å². The molecule has 0 radical (unpaired) electrons. The summed E-state index contributed by atoms with van der Waals surface area (Å²) < 4.78 is 1.92. The Kier molecular flexibility index (Phi) is 7.34. The highest BCUT2D eigenvalue weighted by Gasteiger charge is 2.16. The molecule has 0 aliphatic rings. The average Bonchev–Trinajstić information content (AvgIpc) is 2.72. The third-order valence-electron chi connectivity index (χ3n) is 4.11. The molecule has 0 aliphatic carbocycles. The summed E-state index contributed by atoms with van der Waals surface area (Å²) >= 11 is 6.17. The molecular formula is C21H20ClN3O4. The zero-order valence-corrected chi connectivity index (χ0v) is 16.9. The van der Waals surface area contributed by atoms with Gasteiger partial charge in [-0.3, -0.25) is 23.5 Å². The molecule has 1 N–H and O–H groups in total. The molecule has 1 amide bonds. The number of anilines is 1. The maximum absolute atomic E-state index is 12.4. The lowest BCUT2D eigenvalue weighted by Gasteiger charge is -2.11. The SMILES string of the molecule is C=CC(=O)Nc1c(Cl)n(CC#Cc2cccc(CC(=O)CC)c2)c(=O)n(C)c1=O. The quantitative estimate of drug-likeness (QED) is 0.445. The number of carbonyl (C=O) groups excluding carboxylic acids is 2. The Morgan fingerprint density at radius 3 is 2.69 bits per heavy atom. The van der Waals surface area contributed by atoms with Gasteiger partial charge in [-0.1, -0.05) is 49.1 Å². The third kappa shape index (κ3) is 5.33. The van der Waals surface area contributed by atoms with Gasteiger partial charge in [-0.15, -0.1) is 0 Å². The van der Waals surface area contributed by atoms with Crippen LogP contribution in [0, 0.1) is 11.8 Å². The first-order valence-electron chi connectivity index (χ1n) is 8.80. The molecule has 0 aliphatic heterocycles. The average molecular weight is 414 g/mol. The summed E-state index contributed by atoms with van der Waals surface area (Å²) in [5.41, 5.74) is -0.0719. The second-order valence-electron chi connectivity index (χ2n) is 6.16. The van der Waals surface area contributed by atoms with Crippen molar-refractivity contribution in [3.05, 3.63) is 74.0 Å². The van der Waals surface area contributed by atoms with Crippen molar-refractivity contribution in [1.29, 1.82) is 0 Å². The summed E-state index contributed by atoms with van der Waals surface area (Å²) in [6.45, 7) is 5.03. The van der Waals surface area contributed by atoms with E-state index in [0.717, 1.165) is 20.8 Å². The van der Waals surface area contributed by atoms with Crippen LogP contribution in [0.4, 0.5) is 5.69 Å². The molecule has 0 saturated carbocycles. The lowest BCUT2D eigenvalue weighted by atomic mass is 10.0. The highest BCUT2D eigenvalue weighted by atomic mass is 35.5. The second-order valence-corrected chi connectivity index (χ2v) is 6.52. The fourth-order valence-electron chi connectivity index (χ4n) is 2.49.